The molecule has 2 fully saturated rings. The van der Waals surface area contributed by atoms with Gasteiger partial charge >= 0.3 is 0 Å². The maximum atomic E-state index is 12.3. The lowest BCUT2D eigenvalue weighted by Crippen LogP contribution is -2.39. The average Bonchev–Trinajstić information content (AvgIpc) is 2.46. The molecular formula is C14H21N3O2. The number of amides is 1. The Morgan fingerprint density at radius 2 is 1.89 bits per heavy atom. The van der Waals surface area contributed by atoms with Crippen LogP contribution in [0.3, 0.4) is 0 Å². The van der Waals surface area contributed by atoms with E-state index in [1.165, 1.54) is 0 Å². The van der Waals surface area contributed by atoms with Crippen LogP contribution in [0.1, 0.15) is 19.8 Å². The fourth-order valence-corrected chi connectivity index (χ4v) is 2.40. The second-order valence-corrected chi connectivity index (χ2v) is 5.28. The van der Waals surface area contributed by atoms with Crippen LogP contribution in [0.15, 0.2) is 11.8 Å². The van der Waals surface area contributed by atoms with Crippen molar-refractivity contribution in [2.24, 2.45) is 5.92 Å². The van der Waals surface area contributed by atoms with Gasteiger partial charge in [-0.05, 0) is 18.8 Å². The van der Waals surface area contributed by atoms with Gasteiger partial charge in [0, 0.05) is 32.4 Å². The van der Waals surface area contributed by atoms with Crippen molar-refractivity contribution in [1.29, 1.82) is 5.26 Å². The minimum absolute atomic E-state index is 0.124. The van der Waals surface area contributed by atoms with Crippen molar-refractivity contribution in [2.75, 3.05) is 39.4 Å². The van der Waals surface area contributed by atoms with Crippen LogP contribution in [0.5, 0.6) is 0 Å². The van der Waals surface area contributed by atoms with Crippen molar-refractivity contribution in [2.45, 2.75) is 19.8 Å². The molecule has 0 bridgehead atoms. The highest BCUT2D eigenvalue weighted by molar-refractivity contribution is 5.97. The van der Waals surface area contributed by atoms with Gasteiger partial charge in [-0.15, -0.1) is 0 Å². The van der Waals surface area contributed by atoms with Gasteiger partial charge in [0.2, 0.25) is 0 Å². The van der Waals surface area contributed by atoms with Gasteiger partial charge in [-0.3, -0.25) is 4.79 Å². The van der Waals surface area contributed by atoms with Gasteiger partial charge in [-0.1, -0.05) is 6.92 Å². The Morgan fingerprint density at radius 3 is 2.47 bits per heavy atom. The van der Waals surface area contributed by atoms with Gasteiger partial charge in [0.25, 0.3) is 5.91 Å². The van der Waals surface area contributed by atoms with E-state index in [4.69, 9.17) is 4.74 Å². The molecule has 5 heteroatoms. The topological polar surface area (TPSA) is 56.6 Å². The second-order valence-electron chi connectivity index (χ2n) is 5.28. The minimum atomic E-state index is -0.124. The molecule has 0 unspecified atom stereocenters. The molecule has 0 N–H and O–H groups in total. The van der Waals surface area contributed by atoms with E-state index < -0.39 is 0 Å². The molecule has 5 nitrogen and oxygen atoms in total. The van der Waals surface area contributed by atoms with Crippen molar-refractivity contribution < 1.29 is 9.53 Å². The summed E-state index contributed by atoms with van der Waals surface area (Å²) >= 11 is 0. The SMILES string of the molecule is CC1CCN(C(=O)/C(C#N)=C\N2CCOCC2)CC1. The number of nitrogens with zero attached hydrogens (tertiary/aromatic N) is 3. The fourth-order valence-electron chi connectivity index (χ4n) is 2.40. The molecule has 0 radical (unpaired) electrons. The summed E-state index contributed by atoms with van der Waals surface area (Å²) in [7, 11) is 0. The fraction of sp³-hybridized carbons (Fsp3) is 0.714. The van der Waals surface area contributed by atoms with Gasteiger partial charge in [0.15, 0.2) is 0 Å². The first kappa shape index (κ1) is 13.9. The van der Waals surface area contributed by atoms with Crippen LogP contribution in [0.2, 0.25) is 0 Å². The van der Waals surface area contributed by atoms with Crippen molar-refractivity contribution in [1.82, 2.24) is 9.80 Å². The molecule has 0 aromatic carbocycles. The molecule has 1 amide bonds. The standard InChI is InChI=1S/C14H21N3O2/c1-12-2-4-17(5-3-12)14(18)13(10-15)11-16-6-8-19-9-7-16/h11-12H,2-9H2,1H3/b13-11-. The average molecular weight is 263 g/mol. The lowest BCUT2D eigenvalue weighted by molar-refractivity contribution is -0.128. The molecule has 2 saturated heterocycles. The van der Waals surface area contributed by atoms with Crippen LogP contribution >= 0.6 is 0 Å². The van der Waals surface area contributed by atoms with E-state index in [9.17, 15) is 10.1 Å². The molecule has 0 aromatic heterocycles. The molecule has 104 valence electrons. The summed E-state index contributed by atoms with van der Waals surface area (Å²) in [5.74, 6) is 0.554. The van der Waals surface area contributed by atoms with Crippen molar-refractivity contribution in [3.63, 3.8) is 0 Å². The number of hydrogen-bond acceptors (Lipinski definition) is 4. The van der Waals surface area contributed by atoms with Crippen molar-refractivity contribution in [3.05, 3.63) is 11.8 Å². The van der Waals surface area contributed by atoms with E-state index in [-0.39, 0.29) is 11.5 Å². The van der Waals surface area contributed by atoms with E-state index in [2.05, 4.69) is 6.92 Å². The lowest BCUT2D eigenvalue weighted by Gasteiger charge is -2.31. The molecular weight excluding hydrogens is 242 g/mol. The number of nitriles is 1. The molecule has 19 heavy (non-hydrogen) atoms. The summed E-state index contributed by atoms with van der Waals surface area (Å²) in [4.78, 5) is 16.1. The molecule has 0 atom stereocenters. The maximum Gasteiger partial charge on any atom is 0.266 e. The van der Waals surface area contributed by atoms with E-state index in [1.807, 2.05) is 11.0 Å². The maximum absolute atomic E-state index is 12.3. The van der Waals surface area contributed by atoms with Crippen LogP contribution in [0.25, 0.3) is 0 Å². The van der Waals surface area contributed by atoms with Crippen molar-refractivity contribution in [3.8, 4) is 6.07 Å². The molecule has 2 aliphatic rings. The Bertz CT molecular complexity index is 386. The Kier molecular flexibility index (Phi) is 4.80. The number of morpholine rings is 1. The summed E-state index contributed by atoms with van der Waals surface area (Å²) in [5.41, 5.74) is 0.247. The van der Waals surface area contributed by atoms with Crippen LogP contribution < -0.4 is 0 Å². The zero-order valence-corrected chi connectivity index (χ0v) is 11.5. The highest BCUT2D eigenvalue weighted by Crippen LogP contribution is 2.18. The summed E-state index contributed by atoms with van der Waals surface area (Å²) in [6.45, 7) is 6.54. The predicted molar refractivity (Wildman–Crippen MR) is 71.1 cm³/mol. The summed E-state index contributed by atoms with van der Waals surface area (Å²) in [6, 6.07) is 2.05. The third-order valence-electron chi connectivity index (χ3n) is 3.78. The van der Waals surface area contributed by atoms with E-state index >= 15 is 0 Å². The molecule has 0 aromatic rings. The molecule has 0 aliphatic carbocycles. The zero-order valence-electron chi connectivity index (χ0n) is 11.5. The summed E-state index contributed by atoms with van der Waals surface area (Å²) in [5, 5.41) is 9.19. The molecule has 2 rings (SSSR count). The highest BCUT2D eigenvalue weighted by Gasteiger charge is 2.23. The van der Waals surface area contributed by atoms with Crippen LogP contribution in [-0.2, 0) is 9.53 Å². The van der Waals surface area contributed by atoms with Gasteiger partial charge in [0.1, 0.15) is 11.6 Å². The van der Waals surface area contributed by atoms with Gasteiger partial charge < -0.3 is 14.5 Å². The van der Waals surface area contributed by atoms with Gasteiger partial charge in [0.05, 0.1) is 13.2 Å². The lowest BCUT2D eigenvalue weighted by atomic mass is 9.99. The van der Waals surface area contributed by atoms with Crippen LogP contribution in [-0.4, -0.2) is 55.1 Å². The van der Waals surface area contributed by atoms with Gasteiger partial charge in [-0.2, -0.15) is 5.26 Å². The number of likely N-dealkylation sites (tertiary alicyclic amines) is 1. The quantitative estimate of drug-likeness (QED) is 0.550. The Labute approximate surface area is 114 Å². The number of hydrogen-bond donors (Lipinski definition) is 0. The van der Waals surface area contributed by atoms with Crippen LogP contribution in [0, 0.1) is 17.2 Å². The number of piperidine rings is 1. The summed E-state index contributed by atoms with van der Waals surface area (Å²) in [6.07, 6.45) is 3.76. The van der Waals surface area contributed by atoms with E-state index in [0.29, 0.717) is 19.1 Å². The monoisotopic (exact) mass is 263 g/mol. The smallest absolute Gasteiger partial charge is 0.266 e. The predicted octanol–water partition coefficient (Wildman–Crippen LogP) is 0.985. The number of ether oxygens (including phenoxy) is 1. The first-order valence-corrected chi connectivity index (χ1v) is 6.93. The second kappa shape index (κ2) is 6.58. The normalized spacial score (nSPS) is 22.2. The Hall–Kier alpha value is -1.54. The van der Waals surface area contributed by atoms with Crippen LogP contribution in [0.4, 0.5) is 0 Å². The van der Waals surface area contributed by atoms with Crippen molar-refractivity contribution >= 4 is 5.91 Å². The van der Waals surface area contributed by atoms with E-state index in [1.54, 1.807) is 11.1 Å². The third-order valence-corrected chi connectivity index (χ3v) is 3.78. The Balaban J connectivity index is 1.98. The Morgan fingerprint density at radius 1 is 1.26 bits per heavy atom. The molecule has 0 saturated carbocycles. The first-order chi connectivity index (χ1) is 9.20. The minimum Gasteiger partial charge on any atom is -0.378 e. The van der Waals surface area contributed by atoms with E-state index in [0.717, 1.165) is 39.0 Å². The molecule has 2 heterocycles. The first-order valence-electron chi connectivity index (χ1n) is 6.93. The summed E-state index contributed by atoms with van der Waals surface area (Å²) < 4.78 is 5.25. The zero-order chi connectivity index (χ0) is 13.7. The number of rotatable bonds is 2. The highest BCUT2D eigenvalue weighted by atomic mass is 16.5. The third kappa shape index (κ3) is 3.71. The number of carbonyl (C=O) groups is 1. The van der Waals surface area contributed by atoms with Gasteiger partial charge in [-0.25, -0.2) is 0 Å². The molecule has 0 spiro atoms. The number of carbonyl (C=O) groups excluding carboxylic acids is 1. The largest absolute Gasteiger partial charge is 0.378 e. The molecule has 2 aliphatic heterocycles.